The van der Waals surface area contributed by atoms with E-state index in [4.69, 9.17) is 4.74 Å². The molecule has 25 heavy (non-hydrogen) atoms. The van der Waals surface area contributed by atoms with Gasteiger partial charge in [-0.05, 0) is 43.0 Å². The fourth-order valence-electron chi connectivity index (χ4n) is 3.74. The zero-order valence-corrected chi connectivity index (χ0v) is 14.2. The lowest BCUT2D eigenvalue weighted by Gasteiger charge is -2.26. The second kappa shape index (κ2) is 6.92. The maximum atomic E-state index is 12.7. The van der Waals surface area contributed by atoms with Crippen molar-refractivity contribution in [2.24, 2.45) is 0 Å². The first-order valence-corrected chi connectivity index (χ1v) is 9.03. The van der Waals surface area contributed by atoms with E-state index in [0.717, 1.165) is 45.1 Å². The maximum Gasteiger partial charge on any atom is 0.252 e. The number of ether oxygens (including phenoxy) is 1. The van der Waals surface area contributed by atoms with Crippen LogP contribution in [0.1, 0.15) is 54.7 Å². The van der Waals surface area contributed by atoms with E-state index in [1.165, 1.54) is 0 Å². The molecule has 1 amide bonds. The van der Waals surface area contributed by atoms with Gasteiger partial charge in [0.1, 0.15) is 5.54 Å². The quantitative estimate of drug-likeness (QED) is 0.900. The Morgan fingerprint density at radius 3 is 2.76 bits per heavy atom. The summed E-state index contributed by atoms with van der Waals surface area (Å²) in [6, 6.07) is 9.28. The van der Waals surface area contributed by atoms with Gasteiger partial charge in [0.15, 0.2) is 5.82 Å². The van der Waals surface area contributed by atoms with Crippen LogP contribution in [0.5, 0.6) is 0 Å². The number of benzene rings is 1. The lowest BCUT2D eigenvalue weighted by atomic mass is 9.96. The van der Waals surface area contributed by atoms with Crippen molar-refractivity contribution in [2.75, 3.05) is 6.61 Å². The number of hydrogen-bond donors (Lipinski definition) is 1. The zero-order chi connectivity index (χ0) is 17.1. The molecule has 2 aromatic rings. The van der Waals surface area contributed by atoms with Gasteiger partial charge in [0.05, 0.1) is 12.6 Å². The van der Waals surface area contributed by atoms with E-state index in [9.17, 15) is 4.79 Å². The standard InChI is InChI=1S/C18H23N5O2/c24-16(14-7-2-1-3-8-14)19-18(10-4-5-11-18)17-20-22-23(21-17)13-15-9-6-12-25-15/h1-3,7-8,15H,4-6,9-13H2,(H,19,24). The van der Waals surface area contributed by atoms with Gasteiger partial charge in [-0.15, -0.1) is 10.2 Å². The Labute approximate surface area is 146 Å². The van der Waals surface area contributed by atoms with Crippen LogP contribution in [0.4, 0.5) is 0 Å². The van der Waals surface area contributed by atoms with Gasteiger partial charge in [0, 0.05) is 12.2 Å². The molecule has 1 saturated carbocycles. The summed E-state index contributed by atoms with van der Waals surface area (Å²) < 4.78 is 5.64. The molecule has 1 N–H and O–H groups in total. The maximum absolute atomic E-state index is 12.7. The molecule has 1 atom stereocenters. The van der Waals surface area contributed by atoms with Gasteiger partial charge >= 0.3 is 0 Å². The molecule has 1 aromatic heterocycles. The normalized spacial score (nSPS) is 22.2. The number of nitrogens with one attached hydrogen (secondary N) is 1. The van der Waals surface area contributed by atoms with Crippen LogP contribution in [-0.4, -0.2) is 38.8 Å². The summed E-state index contributed by atoms with van der Waals surface area (Å²) >= 11 is 0. The number of carbonyl (C=O) groups is 1. The molecular formula is C18H23N5O2. The fraction of sp³-hybridized carbons (Fsp3) is 0.556. The molecule has 1 saturated heterocycles. The number of rotatable bonds is 5. The molecule has 1 aliphatic heterocycles. The van der Waals surface area contributed by atoms with Crippen LogP contribution in [0, 0.1) is 0 Å². The van der Waals surface area contributed by atoms with E-state index < -0.39 is 5.54 Å². The van der Waals surface area contributed by atoms with Crippen LogP contribution in [0.25, 0.3) is 0 Å². The molecule has 0 bridgehead atoms. The van der Waals surface area contributed by atoms with E-state index >= 15 is 0 Å². The molecule has 132 valence electrons. The highest BCUT2D eigenvalue weighted by atomic mass is 16.5. The highest BCUT2D eigenvalue weighted by molar-refractivity contribution is 5.94. The summed E-state index contributed by atoms with van der Waals surface area (Å²) in [4.78, 5) is 14.3. The number of hydrogen-bond acceptors (Lipinski definition) is 5. The van der Waals surface area contributed by atoms with Crippen LogP contribution in [-0.2, 0) is 16.8 Å². The number of nitrogens with zero attached hydrogens (tertiary/aromatic N) is 4. The highest BCUT2D eigenvalue weighted by Gasteiger charge is 2.41. The van der Waals surface area contributed by atoms with Crippen molar-refractivity contribution in [3.05, 3.63) is 41.7 Å². The second-order valence-corrected chi connectivity index (χ2v) is 6.91. The summed E-state index contributed by atoms with van der Waals surface area (Å²) in [5.74, 6) is 0.533. The van der Waals surface area contributed by atoms with Crippen LogP contribution in [0.15, 0.2) is 30.3 Å². The Balaban J connectivity index is 1.52. The molecule has 0 spiro atoms. The Morgan fingerprint density at radius 2 is 2.04 bits per heavy atom. The van der Waals surface area contributed by atoms with Crippen LogP contribution < -0.4 is 5.32 Å². The average molecular weight is 341 g/mol. The summed E-state index contributed by atoms with van der Waals surface area (Å²) in [6.45, 7) is 1.43. The molecule has 1 unspecified atom stereocenters. The first kappa shape index (κ1) is 16.2. The number of aromatic nitrogens is 4. The monoisotopic (exact) mass is 341 g/mol. The van der Waals surface area contributed by atoms with Gasteiger partial charge in [0.25, 0.3) is 5.91 Å². The summed E-state index contributed by atoms with van der Waals surface area (Å²) in [5, 5.41) is 16.2. The minimum Gasteiger partial charge on any atom is -0.376 e. The van der Waals surface area contributed by atoms with E-state index in [2.05, 4.69) is 20.7 Å². The molecule has 0 radical (unpaired) electrons. The average Bonchev–Trinajstić information content (AvgIpc) is 3.38. The first-order chi connectivity index (χ1) is 12.3. The predicted molar refractivity (Wildman–Crippen MR) is 90.8 cm³/mol. The van der Waals surface area contributed by atoms with Crippen LogP contribution >= 0.6 is 0 Å². The third kappa shape index (κ3) is 3.42. The van der Waals surface area contributed by atoms with Crippen molar-refractivity contribution in [1.29, 1.82) is 0 Å². The second-order valence-electron chi connectivity index (χ2n) is 6.91. The minimum absolute atomic E-state index is 0.0852. The summed E-state index contributed by atoms with van der Waals surface area (Å²) in [5.41, 5.74) is 0.141. The lowest BCUT2D eigenvalue weighted by Crippen LogP contribution is -2.44. The summed E-state index contributed by atoms with van der Waals surface area (Å²) in [7, 11) is 0. The Bertz CT molecular complexity index is 718. The SMILES string of the molecule is O=C(NC1(c2nnn(CC3CCCO3)n2)CCCC1)c1ccccc1. The Morgan fingerprint density at radius 1 is 1.24 bits per heavy atom. The van der Waals surface area contributed by atoms with Crippen molar-refractivity contribution in [1.82, 2.24) is 25.5 Å². The topological polar surface area (TPSA) is 81.9 Å². The molecule has 2 heterocycles. The van der Waals surface area contributed by atoms with Gasteiger partial charge < -0.3 is 10.1 Å². The van der Waals surface area contributed by atoms with Crippen molar-refractivity contribution in [3.63, 3.8) is 0 Å². The Kier molecular flexibility index (Phi) is 4.48. The van der Waals surface area contributed by atoms with Crippen molar-refractivity contribution < 1.29 is 9.53 Å². The third-order valence-electron chi connectivity index (χ3n) is 5.12. The van der Waals surface area contributed by atoms with Gasteiger partial charge in [-0.3, -0.25) is 4.79 Å². The fourth-order valence-corrected chi connectivity index (χ4v) is 3.74. The molecule has 7 heteroatoms. The zero-order valence-electron chi connectivity index (χ0n) is 14.2. The summed E-state index contributed by atoms with van der Waals surface area (Å²) in [6.07, 6.45) is 6.08. The highest BCUT2D eigenvalue weighted by Crippen LogP contribution is 2.37. The molecule has 7 nitrogen and oxygen atoms in total. The molecule has 2 aliphatic rings. The Hall–Kier alpha value is -2.28. The first-order valence-electron chi connectivity index (χ1n) is 9.03. The molecular weight excluding hydrogens is 318 g/mol. The van der Waals surface area contributed by atoms with Crippen molar-refractivity contribution in [3.8, 4) is 0 Å². The van der Waals surface area contributed by atoms with Crippen LogP contribution in [0.3, 0.4) is 0 Å². The van der Waals surface area contributed by atoms with Gasteiger partial charge in [-0.2, -0.15) is 4.80 Å². The molecule has 4 rings (SSSR count). The molecule has 2 fully saturated rings. The van der Waals surface area contributed by atoms with E-state index in [0.29, 0.717) is 17.9 Å². The van der Waals surface area contributed by atoms with Crippen molar-refractivity contribution >= 4 is 5.91 Å². The minimum atomic E-state index is -0.512. The number of amides is 1. The van der Waals surface area contributed by atoms with Gasteiger partial charge in [-0.1, -0.05) is 31.0 Å². The van der Waals surface area contributed by atoms with E-state index in [-0.39, 0.29) is 12.0 Å². The third-order valence-corrected chi connectivity index (χ3v) is 5.12. The molecule has 1 aromatic carbocycles. The van der Waals surface area contributed by atoms with Gasteiger partial charge in [-0.25, -0.2) is 0 Å². The largest absolute Gasteiger partial charge is 0.376 e. The number of tetrazole rings is 1. The van der Waals surface area contributed by atoms with E-state index in [1.807, 2.05) is 30.3 Å². The van der Waals surface area contributed by atoms with Crippen LogP contribution in [0.2, 0.25) is 0 Å². The lowest BCUT2D eigenvalue weighted by molar-refractivity contribution is 0.0876. The van der Waals surface area contributed by atoms with Gasteiger partial charge in [0.2, 0.25) is 0 Å². The van der Waals surface area contributed by atoms with E-state index in [1.54, 1.807) is 4.80 Å². The molecule has 1 aliphatic carbocycles. The van der Waals surface area contributed by atoms with Crippen molar-refractivity contribution in [2.45, 2.75) is 56.7 Å². The number of carbonyl (C=O) groups excluding carboxylic acids is 1. The smallest absolute Gasteiger partial charge is 0.252 e. The predicted octanol–water partition coefficient (Wildman–Crippen LogP) is 2.05.